The number of anilines is 1. The first-order valence-electron chi connectivity index (χ1n) is 6.59. The van der Waals surface area contributed by atoms with Gasteiger partial charge in [0.2, 0.25) is 0 Å². The maximum atomic E-state index is 12.3. The lowest BCUT2D eigenvalue weighted by Gasteiger charge is -2.33. The zero-order valence-electron chi connectivity index (χ0n) is 12.0. The summed E-state index contributed by atoms with van der Waals surface area (Å²) in [7, 11) is 1.46. The summed E-state index contributed by atoms with van der Waals surface area (Å²) in [6.45, 7) is 2.65. The first kappa shape index (κ1) is 15.5. The molecular weight excluding hydrogens is 292 g/mol. The first-order valence-corrected chi connectivity index (χ1v) is 7.75. The highest BCUT2D eigenvalue weighted by atomic mass is 32.2. The second kappa shape index (κ2) is 6.71. The fourth-order valence-electron chi connectivity index (χ4n) is 2.15. The van der Waals surface area contributed by atoms with E-state index in [0.717, 1.165) is 11.5 Å². The number of ether oxygens (including phenoxy) is 1. The highest BCUT2D eigenvalue weighted by molar-refractivity contribution is 7.99. The van der Waals surface area contributed by atoms with Gasteiger partial charge in [-0.05, 0) is 25.1 Å². The fourth-order valence-corrected chi connectivity index (χ4v) is 3.17. The highest BCUT2D eigenvalue weighted by Gasteiger charge is 2.24. The van der Waals surface area contributed by atoms with Gasteiger partial charge in [0.05, 0.1) is 18.4 Å². The number of carbonyl (C=O) groups is 2. The number of hydrogen-bond acceptors (Lipinski definition) is 4. The topological polar surface area (TPSA) is 78.9 Å². The van der Waals surface area contributed by atoms with Crippen molar-refractivity contribution in [1.82, 2.24) is 4.90 Å². The van der Waals surface area contributed by atoms with E-state index < -0.39 is 5.97 Å². The van der Waals surface area contributed by atoms with Crippen molar-refractivity contribution in [3.63, 3.8) is 0 Å². The Morgan fingerprint density at radius 3 is 2.86 bits per heavy atom. The van der Waals surface area contributed by atoms with E-state index in [1.165, 1.54) is 13.2 Å². The van der Waals surface area contributed by atoms with Crippen molar-refractivity contribution in [3.05, 3.63) is 23.8 Å². The zero-order valence-corrected chi connectivity index (χ0v) is 12.8. The van der Waals surface area contributed by atoms with Crippen molar-refractivity contribution < 1.29 is 19.4 Å². The fraction of sp³-hybridized carbons (Fsp3) is 0.429. The monoisotopic (exact) mass is 310 g/mol. The summed E-state index contributed by atoms with van der Waals surface area (Å²) >= 11 is 1.81. The van der Waals surface area contributed by atoms with E-state index in [4.69, 9.17) is 4.74 Å². The number of benzene rings is 1. The number of urea groups is 1. The van der Waals surface area contributed by atoms with Gasteiger partial charge in [0.25, 0.3) is 0 Å². The second-order valence-corrected chi connectivity index (χ2v) is 5.91. The molecule has 21 heavy (non-hydrogen) atoms. The summed E-state index contributed by atoms with van der Waals surface area (Å²) in [4.78, 5) is 25.3. The molecule has 1 fully saturated rings. The van der Waals surface area contributed by atoms with Gasteiger partial charge in [-0.15, -0.1) is 0 Å². The van der Waals surface area contributed by atoms with Gasteiger partial charge >= 0.3 is 12.0 Å². The number of carboxylic acids is 1. The molecule has 7 heteroatoms. The lowest BCUT2D eigenvalue weighted by Crippen LogP contribution is -2.46. The van der Waals surface area contributed by atoms with Crippen LogP contribution in [0.2, 0.25) is 0 Å². The summed E-state index contributed by atoms with van der Waals surface area (Å²) in [6, 6.07) is 4.43. The molecule has 0 spiro atoms. The van der Waals surface area contributed by atoms with Crippen LogP contribution in [0.15, 0.2) is 18.2 Å². The number of methoxy groups -OCH3 is 1. The molecular formula is C14H18N2O4S. The Morgan fingerprint density at radius 2 is 2.24 bits per heavy atom. The minimum absolute atomic E-state index is 0.0155. The lowest BCUT2D eigenvalue weighted by molar-refractivity contribution is 0.0697. The molecule has 0 aromatic heterocycles. The third-order valence-corrected chi connectivity index (χ3v) is 4.52. The van der Waals surface area contributed by atoms with Crippen LogP contribution in [-0.2, 0) is 0 Å². The molecule has 0 aliphatic carbocycles. The Kier molecular flexibility index (Phi) is 4.95. The Balaban J connectivity index is 2.18. The molecule has 0 saturated carbocycles. The van der Waals surface area contributed by atoms with Gasteiger partial charge in [0.1, 0.15) is 5.75 Å². The SMILES string of the molecule is COc1ccc(NC(=O)N2CCSCC2C)c(C(=O)O)c1. The number of carbonyl (C=O) groups excluding carboxylic acids is 1. The van der Waals surface area contributed by atoms with Crippen LogP contribution in [0.1, 0.15) is 17.3 Å². The van der Waals surface area contributed by atoms with E-state index in [2.05, 4.69) is 5.32 Å². The van der Waals surface area contributed by atoms with Crippen molar-refractivity contribution in [2.75, 3.05) is 30.5 Å². The molecule has 1 aromatic rings. The molecule has 2 amide bonds. The van der Waals surface area contributed by atoms with Gasteiger partial charge in [-0.2, -0.15) is 11.8 Å². The van der Waals surface area contributed by atoms with E-state index in [9.17, 15) is 14.7 Å². The number of thioether (sulfide) groups is 1. The van der Waals surface area contributed by atoms with Crippen LogP contribution in [0.3, 0.4) is 0 Å². The number of carboxylic acid groups (broad SMARTS) is 1. The van der Waals surface area contributed by atoms with Crippen LogP contribution >= 0.6 is 11.8 Å². The molecule has 1 aromatic carbocycles. The lowest BCUT2D eigenvalue weighted by atomic mass is 10.1. The molecule has 0 radical (unpaired) electrons. The minimum Gasteiger partial charge on any atom is -0.497 e. The van der Waals surface area contributed by atoms with Crippen molar-refractivity contribution in [3.8, 4) is 5.75 Å². The van der Waals surface area contributed by atoms with Gasteiger partial charge in [-0.25, -0.2) is 9.59 Å². The molecule has 1 aliphatic heterocycles. The van der Waals surface area contributed by atoms with Crippen LogP contribution in [0.5, 0.6) is 5.75 Å². The molecule has 114 valence electrons. The maximum absolute atomic E-state index is 12.3. The largest absolute Gasteiger partial charge is 0.497 e. The molecule has 2 N–H and O–H groups in total. The molecule has 1 aliphatic rings. The first-order chi connectivity index (χ1) is 10.0. The Labute approximate surface area is 127 Å². The molecule has 2 rings (SSSR count). The number of aromatic carboxylic acids is 1. The Morgan fingerprint density at radius 1 is 1.48 bits per heavy atom. The number of nitrogens with zero attached hydrogens (tertiary/aromatic N) is 1. The van der Waals surface area contributed by atoms with Crippen LogP contribution in [0, 0.1) is 0 Å². The van der Waals surface area contributed by atoms with Gasteiger partial charge < -0.3 is 20.1 Å². The molecule has 1 saturated heterocycles. The number of nitrogens with one attached hydrogen (secondary N) is 1. The van der Waals surface area contributed by atoms with Crippen LogP contribution in [0.4, 0.5) is 10.5 Å². The standard InChI is InChI=1S/C14H18N2O4S/c1-9-8-21-6-5-16(9)14(19)15-12-4-3-10(20-2)7-11(12)13(17)18/h3-4,7,9H,5-6,8H2,1-2H3,(H,15,19)(H,17,18). The van der Waals surface area contributed by atoms with Gasteiger partial charge in [0.15, 0.2) is 0 Å². The second-order valence-electron chi connectivity index (χ2n) is 4.76. The number of amides is 2. The van der Waals surface area contributed by atoms with Crippen molar-refractivity contribution >= 4 is 29.4 Å². The third kappa shape index (κ3) is 3.60. The summed E-state index contributed by atoms with van der Waals surface area (Å²) in [5, 5.41) is 11.9. The maximum Gasteiger partial charge on any atom is 0.337 e. The van der Waals surface area contributed by atoms with E-state index in [1.54, 1.807) is 17.0 Å². The predicted octanol–water partition coefficient (Wildman–Crippen LogP) is 2.36. The van der Waals surface area contributed by atoms with E-state index in [1.807, 2.05) is 18.7 Å². The number of rotatable bonds is 3. The summed E-state index contributed by atoms with van der Waals surface area (Å²) in [6.07, 6.45) is 0. The molecule has 1 unspecified atom stereocenters. The molecule has 1 heterocycles. The smallest absolute Gasteiger partial charge is 0.337 e. The normalized spacial score (nSPS) is 18.2. The average molecular weight is 310 g/mol. The summed E-state index contributed by atoms with van der Waals surface area (Å²) in [5.41, 5.74) is 0.292. The highest BCUT2D eigenvalue weighted by Crippen LogP contribution is 2.23. The third-order valence-electron chi connectivity index (χ3n) is 3.33. The molecule has 6 nitrogen and oxygen atoms in total. The molecule has 0 bridgehead atoms. The van der Waals surface area contributed by atoms with Crippen molar-refractivity contribution in [2.24, 2.45) is 0 Å². The van der Waals surface area contributed by atoms with Gasteiger partial charge in [-0.1, -0.05) is 0 Å². The van der Waals surface area contributed by atoms with Crippen molar-refractivity contribution in [2.45, 2.75) is 13.0 Å². The van der Waals surface area contributed by atoms with E-state index in [0.29, 0.717) is 12.3 Å². The number of hydrogen-bond donors (Lipinski definition) is 2. The summed E-state index contributed by atoms with van der Waals surface area (Å²) in [5.74, 6) is 1.12. The van der Waals surface area contributed by atoms with E-state index >= 15 is 0 Å². The van der Waals surface area contributed by atoms with Gasteiger partial charge in [-0.3, -0.25) is 0 Å². The summed E-state index contributed by atoms with van der Waals surface area (Å²) < 4.78 is 5.01. The zero-order chi connectivity index (χ0) is 15.4. The van der Waals surface area contributed by atoms with E-state index in [-0.39, 0.29) is 23.3 Å². The average Bonchev–Trinajstić information content (AvgIpc) is 2.47. The Bertz CT molecular complexity index is 550. The van der Waals surface area contributed by atoms with Gasteiger partial charge in [0, 0.05) is 24.1 Å². The Hall–Kier alpha value is -1.89. The quantitative estimate of drug-likeness (QED) is 0.896. The van der Waals surface area contributed by atoms with Crippen molar-refractivity contribution in [1.29, 1.82) is 0 Å². The minimum atomic E-state index is -1.11. The predicted molar refractivity (Wildman–Crippen MR) is 82.5 cm³/mol. The van der Waals surface area contributed by atoms with Crippen LogP contribution < -0.4 is 10.1 Å². The van der Waals surface area contributed by atoms with Crippen LogP contribution in [0.25, 0.3) is 0 Å². The van der Waals surface area contributed by atoms with Crippen LogP contribution in [-0.4, -0.2) is 53.2 Å². The molecule has 1 atom stereocenters.